The standard InChI is InChI=1S/C16H33N3O3/c1-4-8-14(10-12-20)13-19-16(17-5-2)18-11-7-9-15(21)22-6-3/h14,20H,4-13H2,1-3H3,(H2,17,18,19). The second-order valence-electron chi connectivity index (χ2n) is 5.22. The molecule has 0 aromatic carbocycles. The highest BCUT2D eigenvalue weighted by molar-refractivity contribution is 5.79. The second-order valence-corrected chi connectivity index (χ2v) is 5.22. The van der Waals surface area contributed by atoms with Crippen molar-refractivity contribution >= 4 is 11.9 Å². The Morgan fingerprint density at radius 1 is 1.23 bits per heavy atom. The Labute approximate surface area is 134 Å². The van der Waals surface area contributed by atoms with Crippen molar-refractivity contribution in [1.82, 2.24) is 10.6 Å². The van der Waals surface area contributed by atoms with Gasteiger partial charge in [-0.2, -0.15) is 0 Å². The Morgan fingerprint density at radius 2 is 2.00 bits per heavy atom. The molecule has 1 unspecified atom stereocenters. The van der Waals surface area contributed by atoms with Crippen LogP contribution in [0.25, 0.3) is 0 Å². The van der Waals surface area contributed by atoms with E-state index >= 15 is 0 Å². The van der Waals surface area contributed by atoms with Crippen LogP contribution in [0.3, 0.4) is 0 Å². The molecular weight excluding hydrogens is 282 g/mol. The van der Waals surface area contributed by atoms with E-state index in [0.717, 1.165) is 38.2 Å². The summed E-state index contributed by atoms with van der Waals surface area (Å²) in [7, 11) is 0. The second kappa shape index (κ2) is 14.6. The number of aliphatic imine (C=N–C) groups is 1. The Kier molecular flexibility index (Phi) is 13.8. The molecule has 130 valence electrons. The number of rotatable bonds is 12. The van der Waals surface area contributed by atoms with E-state index in [9.17, 15) is 4.79 Å². The van der Waals surface area contributed by atoms with Crippen molar-refractivity contribution in [3.8, 4) is 0 Å². The molecule has 22 heavy (non-hydrogen) atoms. The molecule has 6 nitrogen and oxygen atoms in total. The normalized spacial score (nSPS) is 12.8. The van der Waals surface area contributed by atoms with Gasteiger partial charge in [0.2, 0.25) is 0 Å². The number of hydrogen-bond acceptors (Lipinski definition) is 4. The van der Waals surface area contributed by atoms with Crippen LogP contribution in [-0.4, -0.2) is 49.9 Å². The van der Waals surface area contributed by atoms with Gasteiger partial charge in [0, 0.05) is 32.7 Å². The van der Waals surface area contributed by atoms with E-state index in [0.29, 0.717) is 32.0 Å². The number of aliphatic hydroxyl groups excluding tert-OH is 1. The van der Waals surface area contributed by atoms with Gasteiger partial charge in [-0.1, -0.05) is 13.3 Å². The van der Waals surface area contributed by atoms with E-state index in [-0.39, 0.29) is 12.6 Å². The highest BCUT2D eigenvalue weighted by Gasteiger charge is 2.07. The van der Waals surface area contributed by atoms with Crippen LogP contribution in [0.2, 0.25) is 0 Å². The predicted molar refractivity (Wildman–Crippen MR) is 89.9 cm³/mol. The molecule has 0 aromatic rings. The van der Waals surface area contributed by atoms with Gasteiger partial charge in [-0.15, -0.1) is 0 Å². The van der Waals surface area contributed by atoms with Crippen LogP contribution >= 0.6 is 0 Å². The zero-order valence-corrected chi connectivity index (χ0v) is 14.4. The van der Waals surface area contributed by atoms with Crippen LogP contribution in [0.5, 0.6) is 0 Å². The summed E-state index contributed by atoms with van der Waals surface area (Å²) in [5, 5.41) is 15.5. The molecule has 0 aliphatic carbocycles. The molecule has 0 heterocycles. The third kappa shape index (κ3) is 11.4. The summed E-state index contributed by atoms with van der Waals surface area (Å²) in [6.45, 7) is 8.81. The van der Waals surface area contributed by atoms with Crippen LogP contribution in [0, 0.1) is 5.92 Å². The minimum Gasteiger partial charge on any atom is -0.466 e. The van der Waals surface area contributed by atoms with Gasteiger partial charge in [0.25, 0.3) is 0 Å². The maximum absolute atomic E-state index is 11.3. The van der Waals surface area contributed by atoms with Crippen LogP contribution in [0.4, 0.5) is 0 Å². The average Bonchev–Trinajstić information content (AvgIpc) is 2.49. The molecule has 1 atom stereocenters. The molecule has 0 aromatic heterocycles. The SMILES string of the molecule is CCCC(CCO)CN=C(NCC)NCCCC(=O)OCC. The maximum atomic E-state index is 11.3. The average molecular weight is 315 g/mol. The number of nitrogens with zero attached hydrogens (tertiary/aromatic N) is 1. The van der Waals surface area contributed by atoms with Crippen molar-refractivity contribution in [1.29, 1.82) is 0 Å². The number of carbonyl (C=O) groups is 1. The minimum atomic E-state index is -0.155. The van der Waals surface area contributed by atoms with Crippen LogP contribution in [0.15, 0.2) is 4.99 Å². The Balaban J connectivity index is 4.16. The van der Waals surface area contributed by atoms with Gasteiger partial charge in [-0.25, -0.2) is 0 Å². The Morgan fingerprint density at radius 3 is 2.59 bits per heavy atom. The Hall–Kier alpha value is -1.30. The molecule has 0 spiro atoms. The fourth-order valence-electron chi connectivity index (χ4n) is 2.15. The monoisotopic (exact) mass is 315 g/mol. The first-order valence-electron chi connectivity index (χ1n) is 8.46. The van der Waals surface area contributed by atoms with Crippen molar-refractivity contribution in [3.63, 3.8) is 0 Å². The van der Waals surface area contributed by atoms with Crippen LogP contribution < -0.4 is 10.6 Å². The smallest absolute Gasteiger partial charge is 0.305 e. The number of nitrogens with one attached hydrogen (secondary N) is 2. The van der Waals surface area contributed by atoms with E-state index in [1.54, 1.807) is 0 Å². The molecule has 6 heteroatoms. The Bertz CT molecular complexity index is 303. The van der Waals surface area contributed by atoms with E-state index in [1.165, 1.54) is 0 Å². The third-order valence-electron chi connectivity index (χ3n) is 3.24. The summed E-state index contributed by atoms with van der Waals surface area (Å²) in [5.74, 6) is 1.03. The minimum absolute atomic E-state index is 0.155. The number of aliphatic hydroxyl groups is 1. The highest BCUT2D eigenvalue weighted by Crippen LogP contribution is 2.10. The van der Waals surface area contributed by atoms with Crippen molar-refractivity contribution in [2.24, 2.45) is 10.9 Å². The summed E-state index contributed by atoms with van der Waals surface area (Å²) in [6.07, 6.45) is 4.11. The zero-order valence-electron chi connectivity index (χ0n) is 14.4. The first kappa shape index (κ1) is 20.7. The van der Waals surface area contributed by atoms with Gasteiger partial charge in [0.05, 0.1) is 6.61 Å². The summed E-state index contributed by atoms with van der Waals surface area (Å²) in [6, 6.07) is 0. The summed E-state index contributed by atoms with van der Waals surface area (Å²) in [4.78, 5) is 15.8. The van der Waals surface area contributed by atoms with Gasteiger partial charge < -0.3 is 20.5 Å². The molecule has 0 bridgehead atoms. The van der Waals surface area contributed by atoms with E-state index in [2.05, 4.69) is 22.5 Å². The van der Waals surface area contributed by atoms with Gasteiger partial charge >= 0.3 is 5.97 Å². The van der Waals surface area contributed by atoms with E-state index < -0.39 is 0 Å². The molecule has 0 fully saturated rings. The van der Waals surface area contributed by atoms with E-state index in [4.69, 9.17) is 9.84 Å². The lowest BCUT2D eigenvalue weighted by Gasteiger charge is -2.15. The van der Waals surface area contributed by atoms with Crippen molar-refractivity contribution in [2.75, 3.05) is 32.8 Å². The molecular formula is C16H33N3O3. The first-order chi connectivity index (χ1) is 10.7. The fourth-order valence-corrected chi connectivity index (χ4v) is 2.15. The number of guanidine groups is 1. The van der Waals surface area contributed by atoms with Crippen molar-refractivity contribution in [2.45, 2.75) is 52.9 Å². The number of hydrogen-bond donors (Lipinski definition) is 3. The predicted octanol–water partition coefficient (Wildman–Crippen LogP) is 1.68. The molecule has 0 amide bonds. The first-order valence-corrected chi connectivity index (χ1v) is 8.46. The molecule has 0 aliphatic heterocycles. The highest BCUT2D eigenvalue weighted by atomic mass is 16.5. The van der Waals surface area contributed by atoms with Crippen molar-refractivity contribution < 1.29 is 14.6 Å². The van der Waals surface area contributed by atoms with Gasteiger partial charge in [0.15, 0.2) is 5.96 Å². The number of ether oxygens (including phenoxy) is 1. The van der Waals surface area contributed by atoms with E-state index in [1.807, 2.05) is 13.8 Å². The molecule has 0 saturated carbocycles. The lowest BCUT2D eigenvalue weighted by Crippen LogP contribution is -2.38. The van der Waals surface area contributed by atoms with Crippen molar-refractivity contribution in [3.05, 3.63) is 0 Å². The van der Waals surface area contributed by atoms with Gasteiger partial charge in [-0.05, 0) is 39.0 Å². The molecule has 0 rings (SSSR count). The lowest BCUT2D eigenvalue weighted by atomic mass is 10.0. The molecule has 3 N–H and O–H groups in total. The zero-order chi connectivity index (χ0) is 16.6. The largest absolute Gasteiger partial charge is 0.466 e. The molecule has 0 radical (unpaired) electrons. The van der Waals surface area contributed by atoms with Gasteiger partial charge in [-0.3, -0.25) is 9.79 Å². The lowest BCUT2D eigenvalue weighted by molar-refractivity contribution is -0.143. The quantitative estimate of drug-likeness (QED) is 0.221. The molecule has 0 aliphatic rings. The third-order valence-corrected chi connectivity index (χ3v) is 3.24. The summed E-state index contributed by atoms with van der Waals surface area (Å²) >= 11 is 0. The van der Waals surface area contributed by atoms with Crippen LogP contribution in [-0.2, 0) is 9.53 Å². The summed E-state index contributed by atoms with van der Waals surface area (Å²) < 4.78 is 4.89. The van der Waals surface area contributed by atoms with Crippen LogP contribution in [0.1, 0.15) is 52.9 Å². The topological polar surface area (TPSA) is 83.0 Å². The number of esters is 1. The fraction of sp³-hybridized carbons (Fsp3) is 0.875. The molecule has 0 saturated heterocycles. The van der Waals surface area contributed by atoms with Gasteiger partial charge in [0.1, 0.15) is 0 Å². The maximum Gasteiger partial charge on any atom is 0.305 e. The number of carbonyl (C=O) groups excluding carboxylic acids is 1. The summed E-state index contributed by atoms with van der Waals surface area (Å²) in [5.41, 5.74) is 0.